The summed E-state index contributed by atoms with van der Waals surface area (Å²) in [6.07, 6.45) is 4.80. The molecule has 9 heteroatoms. The van der Waals surface area contributed by atoms with Crippen molar-refractivity contribution in [3.05, 3.63) is 55.0 Å². The van der Waals surface area contributed by atoms with E-state index in [9.17, 15) is 9.59 Å². The highest BCUT2D eigenvalue weighted by Gasteiger charge is 2.26. The number of aliphatic carboxylic acids is 1. The predicted octanol–water partition coefficient (Wildman–Crippen LogP) is 2.46. The van der Waals surface area contributed by atoms with Crippen LogP contribution < -0.4 is 15.0 Å². The topological polar surface area (TPSA) is 110 Å². The molecule has 28 heavy (non-hydrogen) atoms. The number of amides is 2. The Morgan fingerprint density at radius 2 is 2.00 bits per heavy atom. The fraction of sp³-hybridized carbons (Fsp3) is 0.158. The quantitative estimate of drug-likeness (QED) is 0.721. The number of aromatic nitrogens is 3. The average molecular weight is 379 g/mol. The Kier molecular flexibility index (Phi) is 4.63. The van der Waals surface area contributed by atoms with Crippen LogP contribution in [0, 0.1) is 0 Å². The number of para-hydroxylation sites is 1. The number of benzene rings is 1. The zero-order valence-electron chi connectivity index (χ0n) is 14.8. The number of carbonyl (C=O) groups excluding carboxylic acids is 1. The smallest absolute Gasteiger partial charge is 0.327 e. The van der Waals surface area contributed by atoms with Gasteiger partial charge in [0.2, 0.25) is 0 Å². The summed E-state index contributed by atoms with van der Waals surface area (Å²) in [5.41, 5.74) is 2.13. The molecule has 0 saturated carbocycles. The summed E-state index contributed by atoms with van der Waals surface area (Å²) in [5.74, 6) is -0.0547. The van der Waals surface area contributed by atoms with E-state index in [0.29, 0.717) is 36.0 Å². The molecule has 0 atom stereocenters. The molecule has 3 aromatic rings. The van der Waals surface area contributed by atoms with Crippen molar-refractivity contribution in [1.82, 2.24) is 14.8 Å². The molecule has 1 aliphatic heterocycles. The Morgan fingerprint density at radius 1 is 1.18 bits per heavy atom. The first-order valence-electron chi connectivity index (χ1n) is 8.61. The number of fused-ring (bicyclic) bond motifs is 1. The molecule has 1 aromatic carbocycles. The molecule has 2 N–H and O–H groups in total. The van der Waals surface area contributed by atoms with Crippen LogP contribution in [0.4, 0.5) is 16.3 Å². The molecular weight excluding hydrogens is 362 g/mol. The molecule has 2 amide bonds. The molecule has 0 bridgehead atoms. The number of hydrogen-bond acceptors (Lipinski definition) is 5. The van der Waals surface area contributed by atoms with Gasteiger partial charge >= 0.3 is 12.0 Å². The van der Waals surface area contributed by atoms with Crippen molar-refractivity contribution < 1.29 is 19.4 Å². The second kappa shape index (κ2) is 7.39. The van der Waals surface area contributed by atoms with Crippen molar-refractivity contribution in [3.63, 3.8) is 0 Å². The number of pyridine rings is 1. The van der Waals surface area contributed by atoms with Crippen molar-refractivity contribution in [1.29, 1.82) is 0 Å². The van der Waals surface area contributed by atoms with Gasteiger partial charge in [-0.25, -0.2) is 9.78 Å². The summed E-state index contributed by atoms with van der Waals surface area (Å²) < 4.78 is 7.01. The number of anilines is 2. The minimum atomic E-state index is -0.971. The van der Waals surface area contributed by atoms with Crippen molar-refractivity contribution in [3.8, 4) is 16.9 Å². The minimum absolute atomic E-state index is 0.220. The summed E-state index contributed by atoms with van der Waals surface area (Å²) in [4.78, 5) is 29.4. The van der Waals surface area contributed by atoms with Crippen LogP contribution in [-0.2, 0) is 11.3 Å². The van der Waals surface area contributed by atoms with Crippen molar-refractivity contribution >= 4 is 23.5 Å². The van der Waals surface area contributed by atoms with Gasteiger partial charge < -0.3 is 15.2 Å². The Hall–Kier alpha value is -3.88. The fourth-order valence-corrected chi connectivity index (χ4v) is 2.90. The third-order valence-corrected chi connectivity index (χ3v) is 4.20. The van der Waals surface area contributed by atoms with Gasteiger partial charge in [0.25, 0.3) is 0 Å². The van der Waals surface area contributed by atoms with E-state index in [1.807, 2.05) is 30.3 Å². The molecule has 9 nitrogen and oxygen atoms in total. The first-order chi connectivity index (χ1) is 13.6. The maximum absolute atomic E-state index is 12.6. The van der Waals surface area contributed by atoms with E-state index < -0.39 is 5.97 Å². The first-order valence-corrected chi connectivity index (χ1v) is 8.61. The van der Waals surface area contributed by atoms with Gasteiger partial charge in [0.1, 0.15) is 13.2 Å². The molecule has 0 spiro atoms. The van der Waals surface area contributed by atoms with E-state index in [1.165, 1.54) is 9.58 Å². The van der Waals surface area contributed by atoms with E-state index in [0.717, 1.165) is 5.56 Å². The fourth-order valence-electron chi connectivity index (χ4n) is 2.90. The summed E-state index contributed by atoms with van der Waals surface area (Å²) in [5, 5.41) is 15.7. The van der Waals surface area contributed by atoms with Gasteiger partial charge in [-0.2, -0.15) is 5.10 Å². The number of urea groups is 1. The highest BCUT2D eigenvalue weighted by molar-refractivity contribution is 6.02. The summed E-state index contributed by atoms with van der Waals surface area (Å²) in [6.45, 7) is 0.509. The molecule has 0 saturated heterocycles. The number of carboxylic acid groups (broad SMARTS) is 1. The maximum atomic E-state index is 12.6. The van der Waals surface area contributed by atoms with Crippen LogP contribution in [0.15, 0.2) is 55.0 Å². The van der Waals surface area contributed by atoms with Crippen LogP contribution >= 0.6 is 0 Å². The van der Waals surface area contributed by atoms with E-state index in [4.69, 9.17) is 9.84 Å². The molecule has 1 aliphatic rings. The molecule has 0 fully saturated rings. The number of carboxylic acids is 1. The summed E-state index contributed by atoms with van der Waals surface area (Å²) in [7, 11) is 0. The molecular formula is C19H17N5O4. The van der Waals surface area contributed by atoms with Crippen molar-refractivity contribution in [2.24, 2.45) is 0 Å². The van der Waals surface area contributed by atoms with Gasteiger partial charge in [0.05, 0.1) is 12.7 Å². The standard InChI is InChI=1S/C19H17N5O4/c25-17(26)12-23-11-14(10-21-23)13-8-16-18(20-9-13)24(6-7-28-16)19(27)22-15-4-2-1-3-5-15/h1-5,8-11H,6-7,12H2,(H,22,27)(H,25,26). The first kappa shape index (κ1) is 17.5. The van der Waals surface area contributed by atoms with E-state index >= 15 is 0 Å². The summed E-state index contributed by atoms with van der Waals surface area (Å²) >= 11 is 0. The van der Waals surface area contributed by atoms with Gasteiger partial charge in [0, 0.05) is 29.2 Å². The second-order valence-electron chi connectivity index (χ2n) is 6.16. The van der Waals surface area contributed by atoms with Gasteiger partial charge in [-0.15, -0.1) is 0 Å². The molecule has 0 unspecified atom stereocenters. The lowest BCUT2D eigenvalue weighted by Crippen LogP contribution is -2.41. The number of hydrogen-bond donors (Lipinski definition) is 2. The third-order valence-electron chi connectivity index (χ3n) is 4.20. The van der Waals surface area contributed by atoms with Crippen LogP contribution in [0.3, 0.4) is 0 Å². The monoisotopic (exact) mass is 379 g/mol. The van der Waals surface area contributed by atoms with Gasteiger partial charge in [0.15, 0.2) is 11.6 Å². The maximum Gasteiger partial charge on any atom is 0.327 e. The van der Waals surface area contributed by atoms with E-state index in [-0.39, 0.29) is 12.6 Å². The lowest BCUT2D eigenvalue weighted by molar-refractivity contribution is -0.137. The summed E-state index contributed by atoms with van der Waals surface area (Å²) in [6, 6.07) is 10.7. The van der Waals surface area contributed by atoms with Crippen LogP contribution in [0.25, 0.3) is 11.1 Å². The third kappa shape index (κ3) is 3.63. The van der Waals surface area contributed by atoms with Crippen molar-refractivity contribution in [2.75, 3.05) is 23.4 Å². The number of nitrogens with one attached hydrogen (secondary N) is 1. The average Bonchev–Trinajstić information content (AvgIpc) is 3.15. The lowest BCUT2D eigenvalue weighted by Gasteiger charge is -2.28. The second-order valence-corrected chi connectivity index (χ2v) is 6.16. The van der Waals surface area contributed by atoms with E-state index in [1.54, 1.807) is 24.7 Å². The Balaban J connectivity index is 1.56. The minimum Gasteiger partial charge on any atom is -0.488 e. The Bertz CT molecular complexity index is 1020. The number of carbonyl (C=O) groups is 2. The van der Waals surface area contributed by atoms with Crippen LogP contribution in [0.5, 0.6) is 5.75 Å². The molecule has 2 aromatic heterocycles. The Labute approximate surface area is 160 Å². The van der Waals surface area contributed by atoms with Crippen LogP contribution in [0.1, 0.15) is 0 Å². The molecule has 3 heterocycles. The van der Waals surface area contributed by atoms with Crippen LogP contribution in [-0.4, -0.2) is 45.0 Å². The molecule has 142 valence electrons. The number of rotatable bonds is 4. The normalized spacial score (nSPS) is 12.8. The molecule has 4 rings (SSSR count). The highest BCUT2D eigenvalue weighted by Crippen LogP contribution is 2.33. The Morgan fingerprint density at radius 3 is 2.79 bits per heavy atom. The largest absolute Gasteiger partial charge is 0.488 e. The predicted molar refractivity (Wildman–Crippen MR) is 101 cm³/mol. The zero-order chi connectivity index (χ0) is 19.5. The van der Waals surface area contributed by atoms with Gasteiger partial charge in [-0.1, -0.05) is 18.2 Å². The SMILES string of the molecule is O=C(O)Cn1cc(-c2cnc3c(c2)OCCN3C(=O)Nc2ccccc2)cn1. The highest BCUT2D eigenvalue weighted by atomic mass is 16.5. The van der Waals surface area contributed by atoms with Crippen LogP contribution in [0.2, 0.25) is 0 Å². The lowest BCUT2D eigenvalue weighted by atomic mass is 10.1. The van der Waals surface area contributed by atoms with E-state index in [2.05, 4.69) is 15.4 Å². The van der Waals surface area contributed by atoms with Gasteiger partial charge in [-0.05, 0) is 18.2 Å². The van der Waals surface area contributed by atoms with Crippen molar-refractivity contribution in [2.45, 2.75) is 6.54 Å². The number of ether oxygens (including phenoxy) is 1. The number of nitrogens with zero attached hydrogens (tertiary/aromatic N) is 4. The van der Waals surface area contributed by atoms with Gasteiger partial charge in [-0.3, -0.25) is 14.4 Å². The zero-order valence-corrected chi connectivity index (χ0v) is 14.8. The molecule has 0 radical (unpaired) electrons. The molecule has 0 aliphatic carbocycles.